The number of benzene rings is 1. The average molecular weight is 278 g/mol. The SMILES string of the molecule is Cc1ccc(NC(=O)CC2CC3CCC2C3)cc1Cl. The number of rotatable bonds is 3. The average Bonchev–Trinajstić information content (AvgIpc) is 2.96. The van der Waals surface area contributed by atoms with E-state index in [0.717, 1.165) is 23.1 Å². The van der Waals surface area contributed by atoms with Crippen molar-refractivity contribution < 1.29 is 4.79 Å². The maximum Gasteiger partial charge on any atom is 0.224 e. The minimum absolute atomic E-state index is 0.137. The highest BCUT2D eigenvalue weighted by Gasteiger charge is 2.40. The first kappa shape index (κ1) is 13.0. The van der Waals surface area contributed by atoms with Crippen molar-refractivity contribution in [1.82, 2.24) is 0 Å². The lowest BCUT2D eigenvalue weighted by Crippen LogP contribution is -2.20. The van der Waals surface area contributed by atoms with Crippen LogP contribution in [-0.4, -0.2) is 5.91 Å². The summed E-state index contributed by atoms with van der Waals surface area (Å²) in [6.45, 7) is 1.96. The fraction of sp³-hybridized carbons (Fsp3) is 0.562. The van der Waals surface area contributed by atoms with Gasteiger partial charge in [-0.3, -0.25) is 4.79 Å². The Balaban J connectivity index is 1.57. The third-order valence-corrected chi connectivity index (χ3v) is 5.19. The molecule has 3 unspecified atom stereocenters. The first-order valence-electron chi connectivity index (χ1n) is 7.18. The number of fused-ring (bicyclic) bond motifs is 2. The first-order valence-corrected chi connectivity index (χ1v) is 7.55. The van der Waals surface area contributed by atoms with Gasteiger partial charge in [-0.05, 0) is 61.6 Å². The summed E-state index contributed by atoms with van der Waals surface area (Å²) in [5, 5.41) is 3.68. The normalized spacial score (nSPS) is 28.6. The molecule has 102 valence electrons. The summed E-state index contributed by atoms with van der Waals surface area (Å²) in [7, 11) is 0. The molecule has 1 aromatic rings. The van der Waals surface area contributed by atoms with Gasteiger partial charge in [-0.25, -0.2) is 0 Å². The molecule has 1 N–H and O–H groups in total. The number of amides is 1. The first-order chi connectivity index (χ1) is 9.11. The fourth-order valence-corrected chi connectivity index (χ4v) is 3.93. The molecule has 2 nitrogen and oxygen atoms in total. The van der Waals surface area contributed by atoms with Crippen molar-refractivity contribution in [3.05, 3.63) is 28.8 Å². The van der Waals surface area contributed by atoms with E-state index in [1.54, 1.807) is 0 Å². The highest BCUT2D eigenvalue weighted by molar-refractivity contribution is 6.31. The van der Waals surface area contributed by atoms with Crippen molar-refractivity contribution in [3.63, 3.8) is 0 Å². The van der Waals surface area contributed by atoms with Gasteiger partial charge in [0.25, 0.3) is 0 Å². The van der Waals surface area contributed by atoms with Crippen LogP contribution in [0.15, 0.2) is 18.2 Å². The number of carbonyl (C=O) groups is 1. The van der Waals surface area contributed by atoms with Crippen molar-refractivity contribution >= 4 is 23.2 Å². The molecule has 0 spiro atoms. The van der Waals surface area contributed by atoms with Crippen LogP contribution < -0.4 is 5.32 Å². The standard InChI is InChI=1S/C16H20ClNO/c1-10-2-5-14(9-15(10)17)18-16(19)8-13-7-11-3-4-12(13)6-11/h2,5,9,11-13H,3-4,6-8H2,1H3,(H,18,19). The van der Waals surface area contributed by atoms with E-state index < -0.39 is 0 Å². The molecule has 3 rings (SSSR count). The van der Waals surface area contributed by atoms with E-state index in [4.69, 9.17) is 11.6 Å². The van der Waals surface area contributed by atoms with Crippen LogP contribution in [0.25, 0.3) is 0 Å². The van der Waals surface area contributed by atoms with E-state index >= 15 is 0 Å². The summed E-state index contributed by atoms with van der Waals surface area (Å²) in [5.74, 6) is 2.45. The highest BCUT2D eigenvalue weighted by atomic mass is 35.5. The second kappa shape index (κ2) is 5.16. The van der Waals surface area contributed by atoms with Gasteiger partial charge >= 0.3 is 0 Å². The molecular weight excluding hydrogens is 258 g/mol. The van der Waals surface area contributed by atoms with Crippen molar-refractivity contribution in [2.75, 3.05) is 5.32 Å². The number of nitrogens with one attached hydrogen (secondary N) is 1. The Morgan fingerprint density at radius 2 is 2.21 bits per heavy atom. The molecule has 1 amide bonds. The smallest absolute Gasteiger partial charge is 0.224 e. The zero-order valence-corrected chi connectivity index (χ0v) is 12.0. The second-order valence-electron chi connectivity index (χ2n) is 6.15. The molecule has 0 heterocycles. The predicted molar refractivity (Wildman–Crippen MR) is 78.4 cm³/mol. The van der Waals surface area contributed by atoms with Crippen LogP contribution in [0.2, 0.25) is 5.02 Å². The van der Waals surface area contributed by atoms with Gasteiger partial charge in [0.2, 0.25) is 5.91 Å². The van der Waals surface area contributed by atoms with Crippen LogP contribution in [0.1, 0.15) is 37.7 Å². The third kappa shape index (κ3) is 2.79. The molecule has 1 aromatic carbocycles. The van der Waals surface area contributed by atoms with Crippen molar-refractivity contribution in [2.24, 2.45) is 17.8 Å². The van der Waals surface area contributed by atoms with Crippen LogP contribution in [0, 0.1) is 24.7 Å². The Morgan fingerprint density at radius 3 is 2.84 bits per heavy atom. The zero-order chi connectivity index (χ0) is 13.4. The lowest BCUT2D eigenvalue weighted by molar-refractivity contribution is -0.117. The van der Waals surface area contributed by atoms with E-state index in [1.807, 2.05) is 25.1 Å². The second-order valence-corrected chi connectivity index (χ2v) is 6.56. The van der Waals surface area contributed by atoms with E-state index in [2.05, 4.69) is 5.32 Å². The minimum atomic E-state index is 0.137. The summed E-state index contributed by atoms with van der Waals surface area (Å²) in [5.41, 5.74) is 1.84. The van der Waals surface area contributed by atoms with Crippen molar-refractivity contribution in [3.8, 4) is 0 Å². The maximum atomic E-state index is 12.1. The van der Waals surface area contributed by atoms with E-state index in [9.17, 15) is 4.79 Å². The van der Waals surface area contributed by atoms with Gasteiger partial charge in [0.05, 0.1) is 0 Å². The Morgan fingerprint density at radius 1 is 1.37 bits per heavy atom. The summed E-state index contributed by atoms with van der Waals surface area (Å²) in [4.78, 5) is 12.1. The quantitative estimate of drug-likeness (QED) is 0.871. The highest BCUT2D eigenvalue weighted by Crippen LogP contribution is 2.49. The topological polar surface area (TPSA) is 29.1 Å². The monoisotopic (exact) mass is 277 g/mol. The van der Waals surface area contributed by atoms with Crippen LogP contribution in [-0.2, 0) is 4.79 Å². The molecule has 0 radical (unpaired) electrons. The van der Waals surface area contributed by atoms with Crippen molar-refractivity contribution in [1.29, 1.82) is 0 Å². The Kier molecular flexibility index (Phi) is 3.53. The number of carbonyl (C=O) groups excluding carboxylic acids is 1. The molecule has 3 heteroatoms. The summed E-state index contributed by atoms with van der Waals surface area (Å²) < 4.78 is 0. The van der Waals surface area contributed by atoms with E-state index in [1.165, 1.54) is 25.7 Å². The number of halogens is 1. The molecule has 3 atom stereocenters. The van der Waals surface area contributed by atoms with Gasteiger partial charge in [0.1, 0.15) is 0 Å². The third-order valence-electron chi connectivity index (χ3n) is 4.79. The minimum Gasteiger partial charge on any atom is -0.326 e. The Hall–Kier alpha value is -1.02. The predicted octanol–water partition coefficient (Wildman–Crippen LogP) is 4.41. The van der Waals surface area contributed by atoms with Gasteiger partial charge < -0.3 is 5.32 Å². The van der Waals surface area contributed by atoms with Gasteiger partial charge in [-0.2, -0.15) is 0 Å². The van der Waals surface area contributed by atoms with E-state index in [-0.39, 0.29) is 5.91 Å². The van der Waals surface area contributed by atoms with E-state index in [0.29, 0.717) is 17.4 Å². The zero-order valence-electron chi connectivity index (χ0n) is 11.3. The van der Waals surface area contributed by atoms with Gasteiger partial charge in [0, 0.05) is 17.1 Å². The molecular formula is C16H20ClNO. The molecule has 2 aliphatic carbocycles. The molecule has 0 saturated heterocycles. The van der Waals surface area contributed by atoms with Gasteiger partial charge in [0.15, 0.2) is 0 Å². The van der Waals surface area contributed by atoms with Crippen LogP contribution in [0.5, 0.6) is 0 Å². The van der Waals surface area contributed by atoms with Crippen LogP contribution in [0.4, 0.5) is 5.69 Å². The van der Waals surface area contributed by atoms with Crippen LogP contribution in [0.3, 0.4) is 0 Å². The molecule has 19 heavy (non-hydrogen) atoms. The molecule has 2 saturated carbocycles. The van der Waals surface area contributed by atoms with Crippen molar-refractivity contribution in [2.45, 2.75) is 39.0 Å². The number of hydrogen-bond donors (Lipinski definition) is 1. The lowest BCUT2D eigenvalue weighted by atomic mass is 9.86. The molecule has 2 bridgehead atoms. The summed E-state index contributed by atoms with van der Waals surface area (Å²) in [6.07, 6.45) is 6.00. The number of anilines is 1. The summed E-state index contributed by atoms with van der Waals surface area (Å²) >= 11 is 6.07. The summed E-state index contributed by atoms with van der Waals surface area (Å²) in [6, 6.07) is 5.69. The fourth-order valence-electron chi connectivity index (χ4n) is 3.75. The molecule has 2 aliphatic rings. The molecule has 0 aromatic heterocycles. The lowest BCUT2D eigenvalue weighted by Gasteiger charge is -2.20. The number of hydrogen-bond acceptors (Lipinski definition) is 1. The largest absolute Gasteiger partial charge is 0.326 e. The van der Waals surface area contributed by atoms with Gasteiger partial charge in [-0.1, -0.05) is 24.1 Å². The maximum absolute atomic E-state index is 12.1. The Labute approximate surface area is 119 Å². The number of aryl methyl sites for hydroxylation is 1. The Bertz CT molecular complexity index is 500. The molecule has 0 aliphatic heterocycles. The van der Waals surface area contributed by atoms with Gasteiger partial charge in [-0.15, -0.1) is 0 Å². The molecule has 2 fully saturated rings. The van der Waals surface area contributed by atoms with Crippen LogP contribution >= 0.6 is 11.6 Å².